The Kier molecular flexibility index (Phi) is 4.24. The monoisotopic (exact) mass is 273 g/mol. The van der Waals surface area contributed by atoms with Crippen molar-refractivity contribution in [3.8, 4) is 0 Å². The van der Waals surface area contributed by atoms with Gasteiger partial charge in [0.1, 0.15) is 5.82 Å². The Morgan fingerprint density at radius 1 is 1.45 bits per heavy atom. The number of nitrogen functional groups attached to an aromatic ring is 1. The van der Waals surface area contributed by atoms with Gasteiger partial charge >= 0.3 is 0 Å². The summed E-state index contributed by atoms with van der Waals surface area (Å²) in [5.74, 6) is 0.870. The first-order valence-corrected chi connectivity index (χ1v) is 6.43. The van der Waals surface area contributed by atoms with Gasteiger partial charge in [0.25, 0.3) is 5.91 Å². The molecule has 0 spiro atoms. The molecule has 0 saturated carbocycles. The predicted molar refractivity (Wildman–Crippen MR) is 79.6 cm³/mol. The summed E-state index contributed by atoms with van der Waals surface area (Å²) in [6.45, 7) is 0.731. The van der Waals surface area contributed by atoms with Crippen LogP contribution in [0.15, 0.2) is 30.6 Å². The number of carbonyl (C=O) groups excluding carboxylic acids is 1. The van der Waals surface area contributed by atoms with Gasteiger partial charge in [0, 0.05) is 45.0 Å². The molecule has 0 fully saturated rings. The lowest BCUT2D eigenvalue weighted by molar-refractivity contribution is 0.0963. The fourth-order valence-corrected chi connectivity index (χ4v) is 1.96. The molecule has 20 heavy (non-hydrogen) atoms. The SMILES string of the molecule is CNC(=O)c1ccc(NCCc2nccn2C)c(N)c1. The smallest absolute Gasteiger partial charge is 0.251 e. The number of aryl methyl sites for hydroxylation is 1. The van der Waals surface area contributed by atoms with Gasteiger partial charge < -0.3 is 20.9 Å². The summed E-state index contributed by atoms with van der Waals surface area (Å²) in [7, 11) is 3.56. The van der Waals surface area contributed by atoms with Crippen molar-refractivity contribution in [2.45, 2.75) is 6.42 Å². The van der Waals surface area contributed by atoms with Crippen LogP contribution in [0.3, 0.4) is 0 Å². The number of aromatic nitrogens is 2. The molecule has 1 aromatic heterocycles. The van der Waals surface area contributed by atoms with Crippen molar-refractivity contribution >= 4 is 17.3 Å². The van der Waals surface area contributed by atoms with Gasteiger partial charge in [-0.05, 0) is 18.2 Å². The third kappa shape index (κ3) is 3.09. The number of rotatable bonds is 5. The second-order valence-electron chi connectivity index (χ2n) is 4.51. The van der Waals surface area contributed by atoms with E-state index in [2.05, 4.69) is 15.6 Å². The highest BCUT2D eigenvalue weighted by Gasteiger charge is 2.06. The molecule has 2 rings (SSSR count). The molecular weight excluding hydrogens is 254 g/mol. The molecule has 0 bridgehead atoms. The quantitative estimate of drug-likeness (QED) is 0.710. The maximum absolute atomic E-state index is 11.5. The Balaban J connectivity index is 1.96. The van der Waals surface area contributed by atoms with Gasteiger partial charge in [-0.2, -0.15) is 0 Å². The van der Waals surface area contributed by atoms with Crippen molar-refractivity contribution in [2.75, 3.05) is 24.6 Å². The lowest BCUT2D eigenvalue weighted by atomic mass is 10.1. The summed E-state index contributed by atoms with van der Waals surface area (Å²) in [6.07, 6.45) is 4.50. The van der Waals surface area contributed by atoms with E-state index in [4.69, 9.17) is 5.73 Å². The zero-order chi connectivity index (χ0) is 14.5. The van der Waals surface area contributed by atoms with Crippen molar-refractivity contribution in [3.05, 3.63) is 42.0 Å². The van der Waals surface area contributed by atoms with Gasteiger partial charge in [-0.25, -0.2) is 4.98 Å². The number of anilines is 2. The van der Waals surface area contributed by atoms with E-state index in [1.54, 1.807) is 25.4 Å². The predicted octanol–water partition coefficient (Wildman–Crippen LogP) is 1.02. The summed E-state index contributed by atoms with van der Waals surface area (Å²) < 4.78 is 1.99. The van der Waals surface area contributed by atoms with Gasteiger partial charge in [0.15, 0.2) is 0 Å². The minimum Gasteiger partial charge on any atom is -0.397 e. The van der Waals surface area contributed by atoms with Crippen LogP contribution >= 0.6 is 0 Å². The first-order valence-electron chi connectivity index (χ1n) is 6.43. The number of benzene rings is 1. The topological polar surface area (TPSA) is 85.0 Å². The average Bonchev–Trinajstić information content (AvgIpc) is 2.85. The summed E-state index contributed by atoms with van der Waals surface area (Å²) in [6, 6.07) is 5.23. The number of hydrogen-bond donors (Lipinski definition) is 3. The third-order valence-electron chi connectivity index (χ3n) is 3.13. The van der Waals surface area contributed by atoms with Crippen LogP contribution in [-0.2, 0) is 13.5 Å². The number of nitrogens with two attached hydrogens (primary N) is 1. The van der Waals surface area contributed by atoms with Crippen molar-refractivity contribution in [1.82, 2.24) is 14.9 Å². The highest BCUT2D eigenvalue weighted by atomic mass is 16.1. The molecule has 0 aliphatic heterocycles. The minimum atomic E-state index is -0.142. The maximum Gasteiger partial charge on any atom is 0.251 e. The molecule has 0 unspecified atom stereocenters. The van der Waals surface area contributed by atoms with E-state index in [9.17, 15) is 4.79 Å². The van der Waals surface area contributed by atoms with E-state index in [1.165, 1.54) is 0 Å². The van der Waals surface area contributed by atoms with E-state index in [-0.39, 0.29) is 5.91 Å². The van der Waals surface area contributed by atoms with Gasteiger partial charge in [-0.15, -0.1) is 0 Å². The van der Waals surface area contributed by atoms with Gasteiger partial charge in [-0.1, -0.05) is 0 Å². The first kappa shape index (κ1) is 13.9. The van der Waals surface area contributed by atoms with Gasteiger partial charge in [-0.3, -0.25) is 4.79 Å². The van der Waals surface area contributed by atoms with Crippen LogP contribution in [0.4, 0.5) is 11.4 Å². The van der Waals surface area contributed by atoms with Crippen LogP contribution in [0.5, 0.6) is 0 Å². The molecule has 0 aliphatic carbocycles. The second kappa shape index (κ2) is 6.10. The van der Waals surface area contributed by atoms with E-state index in [1.807, 2.05) is 23.9 Å². The number of nitrogens with one attached hydrogen (secondary N) is 2. The van der Waals surface area contributed by atoms with Crippen molar-refractivity contribution in [2.24, 2.45) is 7.05 Å². The van der Waals surface area contributed by atoms with E-state index in [0.29, 0.717) is 11.3 Å². The Morgan fingerprint density at radius 3 is 2.85 bits per heavy atom. The Labute approximate surface area is 118 Å². The van der Waals surface area contributed by atoms with E-state index in [0.717, 1.165) is 24.5 Å². The summed E-state index contributed by atoms with van der Waals surface area (Å²) in [4.78, 5) is 15.7. The molecule has 0 radical (unpaired) electrons. The first-order chi connectivity index (χ1) is 9.61. The molecule has 6 nitrogen and oxygen atoms in total. The van der Waals surface area contributed by atoms with Crippen LogP contribution < -0.4 is 16.4 Å². The maximum atomic E-state index is 11.5. The number of amides is 1. The molecular formula is C14H19N5O. The van der Waals surface area contributed by atoms with Crippen molar-refractivity contribution in [1.29, 1.82) is 0 Å². The fraction of sp³-hybridized carbons (Fsp3) is 0.286. The van der Waals surface area contributed by atoms with E-state index < -0.39 is 0 Å². The highest BCUT2D eigenvalue weighted by Crippen LogP contribution is 2.19. The zero-order valence-corrected chi connectivity index (χ0v) is 11.7. The Hall–Kier alpha value is -2.50. The number of hydrogen-bond acceptors (Lipinski definition) is 4. The van der Waals surface area contributed by atoms with Crippen molar-refractivity contribution in [3.63, 3.8) is 0 Å². The molecule has 0 atom stereocenters. The second-order valence-corrected chi connectivity index (χ2v) is 4.51. The number of carbonyl (C=O) groups is 1. The molecule has 2 aromatic rings. The number of nitrogens with zero attached hydrogens (tertiary/aromatic N) is 2. The molecule has 1 amide bonds. The lowest BCUT2D eigenvalue weighted by Crippen LogP contribution is -2.18. The van der Waals surface area contributed by atoms with Crippen LogP contribution in [0, 0.1) is 0 Å². The van der Waals surface area contributed by atoms with E-state index >= 15 is 0 Å². The molecule has 1 heterocycles. The molecule has 1 aromatic carbocycles. The van der Waals surface area contributed by atoms with Gasteiger partial charge in [0.05, 0.1) is 11.4 Å². The van der Waals surface area contributed by atoms with Crippen molar-refractivity contribution < 1.29 is 4.79 Å². The summed E-state index contributed by atoms with van der Waals surface area (Å²) >= 11 is 0. The third-order valence-corrected chi connectivity index (χ3v) is 3.13. The molecule has 106 valence electrons. The molecule has 0 aliphatic rings. The van der Waals surface area contributed by atoms with Crippen LogP contribution in [0.1, 0.15) is 16.2 Å². The highest BCUT2D eigenvalue weighted by molar-refractivity contribution is 5.95. The zero-order valence-electron chi connectivity index (χ0n) is 11.7. The Bertz CT molecular complexity index is 605. The Morgan fingerprint density at radius 2 is 2.25 bits per heavy atom. The van der Waals surface area contributed by atoms with Crippen LogP contribution in [0.2, 0.25) is 0 Å². The lowest BCUT2D eigenvalue weighted by Gasteiger charge is -2.10. The van der Waals surface area contributed by atoms with Crippen LogP contribution in [-0.4, -0.2) is 29.1 Å². The molecule has 0 saturated heterocycles. The molecule has 4 N–H and O–H groups in total. The average molecular weight is 273 g/mol. The summed E-state index contributed by atoms with van der Waals surface area (Å²) in [5.41, 5.74) is 7.88. The number of imidazole rings is 1. The van der Waals surface area contributed by atoms with Gasteiger partial charge in [0.2, 0.25) is 0 Å². The standard InChI is InChI=1S/C14H19N5O/c1-16-14(20)10-3-4-12(11(15)9-10)17-6-5-13-18-7-8-19(13)2/h3-4,7-9,17H,5-6,15H2,1-2H3,(H,16,20). The van der Waals surface area contributed by atoms with Crippen LogP contribution in [0.25, 0.3) is 0 Å². The normalized spacial score (nSPS) is 10.3. The summed E-state index contributed by atoms with van der Waals surface area (Å²) in [5, 5.41) is 5.82. The largest absolute Gasteiger partial charge is 0.397 e. The fourth-order valence-electron chi connectivity index (χ4n) is 1.96. The molecule has 6 heteroatoms. The minimum absolute atomic E-state index is 0.142.